The van der Waals surface area contributed by atoms with Crippen LogP contribution in [-0.4, -0.2) is 41.2 Å². The Morgan fingerprint density at radius 3 is 2.75 bits per heavy atom. The van der Waals surface area contributed by atoms with Crippen LogP contribution in [0.25, 0.3) is 0 Å². The standard InChI is InChI=1S/C15H22N2O3/c1-15(19)7-2-8-17(11-15)14(18)10-20-13-5-3-12(9-16)4-6-13/h3-6,19H,2,7-11,16H2,1H3. The third kappa shape index (κ3) is 3.95. The zero-order valence-corrected chi connectivity index (χ0v) is 11.8. The normalized spacial score (nSPS) is 22.6. The predicted molar refractivity (Wildman–Crippen MR) is 76.3 cm³/mol. The molecule has 5 nitrogen and oxygen atoms in total. The highest BCUT2D eigenvalue weighted by molar-refractivity contribution is 5.78. The minimum absolute atomic E-state index is 0.00193. The number of hydrogen-bond acceptors (Lipinski definition) is 4. The molecule has 1 amide bonds. The number of ether oxygens (including phenoxy) is 1. The average molecular weight is 278 g/mol. The number of rotatable bonds is 4. The van der Waals surface area contributed by atoms with E-state index in [1.54, 1.807) is 11.8 Å². The number of carbonyl (C=O) groups excluding carboxylic acids is 1. The number of amides is 1. The fraction of sp³-hybridized carbons (Fsp3) is 0.533. The number of nitrogens with zero attached hydrogens (tertiary/aromatic N) is 1. The van der Waals surface area contributed by atoms with Crippen LogP contribution in [0, 0.1) is 0 Å². The number of hydrogen-bond donors (Lipinski definition) is 2. The second-order valence-electron chi connectivity index (χ2n) is 5.55. The number of benzene rings is 1. The first-order valence-corrected chi connectivity index (χ1v) is 6.92. The molecule has 0 spiro atoms. The number of likely N-dealkylation sites (tertiary alicyclic amines) is 1. The molecule has 1 aromatic carbocycles. The van der Waals surface area contributed by atoms with Gasteiger partial charge in [0.05, 0.1) is 5.60 Å². The highest BCUT2D eigenvalue weighted by Gasteiger charge is 2.30. The molecule has 1 unspecified atom stereocenters. The smallest absolute Gasteiger partial charge is 0.260 e. The molecule has 1 saturated heterocycles. The monoisotopic (exact) mass is 278 g/mol. The summed E-state index contributed by atoms with van der Waals surface area (Å²) in [4.78, 5) is 13.7. The van der Waals surface area contributed by atoms with E-state index in [2.05, 4.69) is 0 Å². The fourth-order valence-electron chi connectivity index (χ4n) is 2.39. The van der Waals surface area contributed by atoms with E-state index in [0.29, 0.717) is 25.4 Å². The van der Waals surface area contributed by atoms with Crippen molar-refractivity contribution in [1.82, 2.24) is 4.90 Å². The lowest BCUT2D eigenvalue weighted by Crippen LogP contribution is -2.49. The number of β-amino-alcohol motifs (C(OH)–C–C–N with tert-alkyl or cyclic N) is 1. The van der Waals surface area contributed by atoms with Crippen LogP contribution in [0.15, 0.2) is 24.3 Å². The van der Waals surface area contributed by atoms with Crippen molar-refractivity contribution >= 4 is 5.91 Å². The van der Waals surface area contributed by atoms with E-state index in [0.717, 1.165) is 18.4 Å². The van der Waals surface area contributed by atoms with Gasteiger partial charge >= 0.3 is 0 Å². The SMILES string of the molecule is CC1(O)CCCN(C(=O)COc2ccc(CN)cc2)C1. The molecule has 3 N–H and O–H groups in total. The highest BCUT2D eigenvalue weighted by Crippen LogP contribution is 2.20. The van der Waals surface area contributed by atoms with Crippen LogP contribution in [0.5, 0.6) is 5.75 Å². The number of aliphatic hydroxyl groups is 1. The van der Waals surface area contributed by atoms with E-state index >= 15 is 0 Å². The second kappa shape index (κ2) is 6.24. The molecular weight excluding hydrogens is 256 g/mol. The molecule has 1 aliphatic rings. The molecule has 2 rings (SSSR count). The lowest BCUT2D eigenvalue weighted by atomic mass is 9.95. The number of carbonyl (C=O) groups is 1. The van der Waals surface area contributed by atoms with E-state index in [9.17, 15) is 9.90 Å². The third-order valence-corrected chi connectivity index (χ3v) is 3.55. The van der Waals surface area contributed by atoms with Gasteiger partial charge in [-0.15, -0.1) is 0 Å². The lowest BCUT2D eigenvalue weighted by molar-refractivity contribution is -0.139. The third-order valence-electron chi connectivity index (χ3n) is 3.55. The molecule has 0 aromatic heterocycles. The molecule has 1 aromatic rings. The molecule has 1 aliphatic heterocycles. The summed E-state index contributed by atoms with van der Waals surface area (Å²) < 4.78 is 5.48. The van der Waals surface area contributed by atoms with Crippen molar-refractivity contribution in [3.8, 4) is 5.75 Å². The molecule has 1 fully saturated rings. The Kier molecular flexibility index (Phi) is 4.62. The molecule has 110 valence electrons. The van der Waals surface area contributed by atoms with Crippen molar-refractivity contribution in [2.24, 2.45) is 5.73 Å². The van der Waals surface area contributed by atoms with Gasteiger partial charge in [-0.1, -0.05) is 12.1 Å². The first-order chi connectivity index (χ1) is 9.50. The molecule has 1 heterocycles. The molecule has 20 heavy (non-hydrogen) atoms. The molecule has 0 radical (unpaired) electrons. The Morgan fingerprint density at radius 1 is 1.45 bits per heavy atom. The Labute approximate surface area is 119 Å². The average Bonchev–Trinajstić information content (AvgIpc) is 2.44. The number of nitrogens with two attached hydrogens (primary N) is 1. The molecule has 0 saturated carbocycles. The minimum atomic E-state index is -0.781. The fourth-order valence-corrected chi connectivity index (χ4v) is 2.39. The molecular formula is C15H22N2O3. The van der Waals surface area contributed by atoms with Crippen molar-refractivity contribution in [2.45, 2.75) is 31.9 Å². The summed E-state index contributed by atoms with van der Waals surface area (Å²) in [5.74, 6) is 0.562. The van der Waals surface area contributed by atoms with Gasteiger partial charge in [0.2, 0.25) is 0 Å². The van der Waals surface area contributed by atoms with E-state index in [1.165, 1.54) is 0 Å². The predicted octanol–water partition coefficient (Wildman–Crippen LogP) is 0.897. The first kappa shape index (κ1) is 14.8. The summed E-state index contributed by atoms with van der Waals surface area (Å²) in [6.07, 6.45) is 1.56. The van der Waals surface area contributed by atoms with Crippen LogP contribution in [0.1, 0.15) is 25.3 Å². The molecule has 0 aliphatic carbocycles. The number of piperidine rings is 1. The van der Waals surface area contributed by atoms with Crippen molar-refractivity contribution < 1.29 is 14.6 Å². The van der Waals surface area contributed by atoms with E-state index < -0.39 is 5.60 Å². The summed E-state index contributed by atoms with van der Waals surface area (Å²) in [5.41, 5.74) is 5.76. The lowest BCUT2D eigenvalue weighted by Gasteiger charge is -2.36. The first-order valence-electron chi connectivity index (χ1n) is 6.92. The maximum Gasteiger partial charge on any atom is 0.260 e. The maximum absolute atomic E-state index is 12.1. The Bertz CT molecular complexity index is 457. The van der Waals surface area contributed by atoms with Crippen LogP contribution in [0.4, 0.5) is 0 Å². The van der Waals surface area contributed by atoms with Gasteiger partial charge in [-0.2, -0.15) is 0 Å². The van der Waals surface area contributed by atoms with E-state index in [1.807, 2.05) is 24.3 Å². The summed E-state index contributed by atoms with van der Waals surface area (Å²) in [5, 5.41) is 9.99. The van der Waals surface area contributed by atoms with Crippen LogP contribution in [-0.2, 0) is 11.3 Å². The van der Waals surface area contributed by atoms with Crippen molar-refractivity contribution in [3.05, 3.63) is 29.8 Å². The van der Waals surface area contributed by atoms with E-state index in [-0.39, 0.29) is 12.5 Å². The quantitative estimate of drug-likeness (QED) is 0.858. The van der Waals surface area contributed by atoms with Gasteiger partial charge in [0.1, 0.15) is 5.75 Å². The Balaban J connectivity index is 1.85. The molecule has 0 bridgehead atoms. The molecule has 5 heteroatoms. The Morgan fingerprint density at radius 2 is 2.15 bits per heavy atom. The summed E-state index contributed by atoms with van der Waals surface area (Å²) in [6.45, 7) is 3.31. The zero-order chi connectivity index (χ0) is 14.6. The van der Waals surface area contributed by atoms with Crippen molar-refractivity contribution in [2.75, 3.05) is 19.7 Å². The van der Waals surface area contributed by atoms with Crippen LogP contribution < -0.4 is 10.5 Å². The highest BCUT2D eigenvalue weighted by atomic mass is 16.5. The summed E-state index contributed by atoms with van der Waals surface area (Å²) >= 11 is 0. The van der Waals surface area contributed by atoms with E-state index in [4.69, 9.17) is 10.5 Å². The Hall–Kier alpha value is -1.59. The molecule has 1 atom stereocenters. The van der Waals surface area contributed by atoms with Gasteiger partial charge in [-0.05, 0) is 37.5 Å². The largest absolute Gasteiger partial charge is 0.484 e. The van der Waals surface area contributed by atoms with Crippen LogP contribution in [0.2, 0.25) is 0 Å². The van der Waals surface area contributed by atoms with Crippen molar-refractivity contribution in [3.63, 3.8) is 0 Å². The van der Waals surface area contributed by atoms with Crippen LogP contribution >= 0.6 is 0 Å². The van der Waals surface area contributed by atoms with Gasteiger partial charge in [0.15, 0.2) is 6.61 Å². The maximum atomic E-state index is 12.1. The van der Waals surface area contributed by atoms with Crippen molar-refractivity contribution in [1.29, 1.82) is 0 Å². The van der Waals surface area contributed by atoms with Gasteiger partial charge in [-0.25, -0.2) is 0 Å². The van der Waals surface area contributed by atoms with Gasteiger partial charge in [-0.3, -0.25) is 4.79 Å². The topological polar surface area (TPSA) is 75.8 Å². The minimum Gasteiger partial charge on any atom is -0.484 e. The summed E-state index contributed by atoms with van der Waals surface area (Å²) in [7, 11) is 0. The summed E-state index contributed by atoms with van der Waals surface area (Å²) in [6, 6.07) is 7.38. The zero-order valence-electron chi connectivity index (χ0n) is 11.8. The van der Waals surface area contributed by atoms with Gasteiger partial charge in [0.25, 0.3) is 5.91 Å². The van der Waals surface area contributed by atoms with Gasteiger partial charge < -0.3 is 20.5 Å². The van der Waals surface area contributed by atoms with Gasteiger partial charge in [0, 0.05) is 19.6 Å². The second-order valence-corrected chi connectivity index (χ2v) is 5.55. The van der Waals surface area contributed by atoms with Crippen LogP contribution in [0.3, 0.4) is 0 Å².